The zero-order valence-corrected chi connectivity index (χ0v) is 8.94. The molecule has 0 aliphatic rings. The van der Waals surface area contributed by atoms with E-state index in [1.807, 2.05) is 17.5 Å². The first-order valence-corrected chi connectivity index (χ1v) is 6.60. The Morgan fingerprint density at radius 2 is 2.21 bits per heavy atom. The molecule has 2 aromatic rings. The number of hydrogen-bond acceptors (Lipinski definition) is 4. The highest BCUT2D eigenvalue weighted by Gasteiger charge is 2.09. The van der Waals surface area contributed by atoms with Crippen LogP contribution in [-0.4, -0.2) is 12.8 Å². The molecule has 5 heteroatoms. The van der Waals surface area contributed by atoms with Gasteiger partial charge in [0, 0.05) is 10.8 Å². The standard InChI is InChI=1S/C9H8NO2S2/c1-14(11,12)6-8-4-2-3-7-5-13-10-9(7)8/h2-5H,1,6H2. The highest BCUT2D eigenvalue weighted by molar-refractivity contribution is 7.91. The second-order valence-electron chi connectivity index (χ2n) is 3.06. The molecule has 1 aromatic carbocycles. The quantitative estimate of drug-likeness (QED) is 0.787. The summed E-state index contributed by atoms with van der Waals surface area (Å²) in [6.07, 6.45) is 3.10. The Morgan fingerprint density at radius 1 is 1.43 bits per heavy atom. The molecular weight excluding hydrogens is 218 g/mol. The van der Waals surface area contributed by atoms with Crippen molar-refractivity contribution in [2.45, 2.75) is 5.75 Å². The molecule has 0 aliphatic heterocycles. The average molecular weight is 226 g/mol. The average Bonchev–Trinajstić information content (AvgIpc) is 2.49. The lowest BCUT2D eigenvalue weighted by atomic mass is 10.2. The molecule has 14 heavy (non-hydrogen) atoms. The van der Waals surface area contributed by atoms with E-state index >= 15 is 0 Å². The smallest absolute Gasteiger partial charge is 0.155 e. The first kappa shape index (κ1) is 9.61. The monoisotopic (exact) mass is 226 g/mol. The Hall–Kier alpha value is -0.940. The highest BCUT2D eigenvalue weighted by atomic mass is 32.2. The van der Waals surface area contributed by atoms with E-state index < -0.39 is 9.84 Å². The third kappa shape index (κ3) is 1.93. The van der Waals surface area contributed by atoms with Gasteiger partial charge in [0.25, 0.3) is 0 Å². The van der Waals surface area contributed by atoms with Crippen LogP contribution in [-0.2, 0) is 15.6 Å². The molecule has 73 valence electrons. The summed E-state index contributed by atoms with van der Waals surface area (Å²) in [4.78, 5) is 0. The largest absolute Gasteiger partial charge is 0.228 e. The van der Waals surface area contributed by atoms with Gasteiger partial charge in [0.1, 0.15) is 0 Å². The van der Waals surface area contributed by atoms with Crippen molar-refractivity contribution in [2.75, 3.05) is 0 Å². The summed E-state index contributed by atoms with van der Waals surface area (Å²) in [7, 11) is -3.23. The molecule has 0 N–H and O–H groups in total. The zero-order valence-electron chi connectivity index (χ0n) is 7.30. The maximum Gasteiger partial charge on any atom is 0.155 e. The van der Waals surface area contributed by atoms with Crippen LogP contribution < -0.4 is 0 Å². The van der Waals surface area contributed by atoms with Gasteiger partial charge >= 0.3 is 0 Å². The van der Waals surface area contributed by atoms with Crippen LogP contribution in [0.25, 0.3) is 10.9 Å². The molecule has 0 bridgehead atoms. The molecule has 0 spiro atoms. The topological polar surface area (TPSA) is 47.0 Å². The third-order valence-electron chi connectivity index (χ3n) is 1.85. The van der Waals surface area contributed by atoms with Gasteiger partial charge in [-0.05, 0) is 17.1 Å². The molecule has 1 radical (unpaired) electrons. The molecule has 0 aliphatic carbocycles. The number of aromatic nitrogens is 1. The van der Waals surface area contributed by atoms with E-state index in [2.05, 4.69) is 10.6 Å². The Balaban J connectivity index is 2.57. The summed E-state index contributed by atoms with van der Waals surface area (Å²) >= 11 is 1.33. The van der Waals surface area contributed by atoms with Crippen molar-refractivity contribution >= 4 is 32.3 Å². The number of nitrogens with zero attached hydrogens (tertiary/aromatic N) is 1. The summed E-state index contributed by atoms with van der Waals surface area (Å²) in [6.45, 7) is 0. The lowest BCUT2D eigenvalue weighted by Crippen LogP contribution is -1.98. The molecule has 0 unspecified atom stereocenters. The molecule has 2 rings (SSSR count). The van der Waals surface area contributed by atoms with Crippen molar-refractivity contribution in [1.82, 2.24) is 4.37 Å². The van der Waals surface area contributed by atoms with Crippen molar-refractivity contribution < 1.29 is 8.42 Å². The van der Waals surface area contributed by atoms with Crippen LogP contribution in [0.2, 0.25) is 0 Å². The first-order chi connectivity index (χ1) is 6.56. The van der Waals surface area contributed by atoms with E-state index in [0.717, 1.165) is 16.5 Å². The minimum Gasteiger partial charge on any atom is -0.228 e. The molecule has 1 heterocycles. The Bertz CT molecular complexity index is 557. The second kappa shape index (κ2) is 3.33. The van der Waals surface area contributed by atoms with E-state index in [9.17, 15) is 8.42 Å². The predicted octanol–water partition coefficient (Wildman–Crippen LogP) is 2.00. The summed E-state index contributed by atoms with van der Waals surface area (Å²) in [5.41, 5.74) is 1.49. The van der Waals surface area contributed by atoms with Gasteiger partial charge in [-0.1, -0.05) is 18.2 Å². The van der Waals surface area contributed by atoms with Crippen LogP contribution in [0.5, 0.6) is 0 Å². The predicted molar refractivity (Wildman–Crippen MR) is 57.6 cm³/mol. The van der Waals surface area contributed by atoms with Crippen molar-refractivity contribution in [3.63, 3.8) is 0 Å². The molecular formula is C9H8NO2S2. The fraction of sp³-hybridized carbons (Fsp3) is 0.111. The van der Waals surface area contributed by atoms with E-state index in [4.69, 9.17) is 0 Å². The SMILES string of the molecule is [CH2]S(=O)(=O)Cc1cccc2csnc12. The molecule has 0 fully saturated rings. The van der Waals surface area contributed by atoms with Crippen LogP contribution in [0, 0.1) is 6.26 Å². The summed E-state index contributed by atoms with van der Waals surface area (Å²) in [6, 6.07) is 5.51. The first-order valence-electron chi connectivity index (χ1n) is 3.94. The lowest BCUT2D eigenvalue weighted by Gasteiger charge is -1.99. The molecule has 0 amide bonds. The van der Waals surface area contributed by atoms with Gasteiger partial charge in [-0.15, -0.1) is 0 Å². The number of fused-ring (bicyclic) bond motifs is 1. The van der Waals surface area contributed by atoms with Gasteiger partial charge in [-0.3, -0.25) is 0 Å². The molecule has 1 aromatic heterocycles. The van der Waals surface area contributed by atoms with E-state index in [-0.39, 0.29) is 5.75 Å². The highest BCUT2D eigenvalue weighted by Crippen LogP contribution is 2.20. The second-order valence-corrected chi connectivity index (χ2v) is 5.46. The van der Waals surface area contributed by atoms with Crippen molar-refractivity contribution in [1.29, 1.82) is 0 Å². The Morgan fingerprint density at radius 3 is 2.93 bits per heavy atom. The normalized spacial score (nSPS) is 12.1. The fourth-order valence-electron chi connectivity index (χ4n) is 1.31. The minimum atomic E-state index is -3.23. The lowest BCUT2D eigenvalue weighted by molar-refractivity contribution is 0.604. The van der Waals surface area contributed by atoms with Crippen LogP contribution in [0.4, 0.5) is 0 Å². The van der Waals surface area contributed by atoms with Crippen molar-refractivity contribution in [2.24, 2.45) is 0 Å². The summed E-state index contributed by atoms with van der Waals surface area (Å²) < 4.78 is 26.2. The van der Waals surface area contributed by atoms with Gasteiger partial charge in [0.05, 0.1) is 17.5 Å². The molecule has 3 nitrogen and oxygen atoms in total. The maximum atomic E-state index is 11.0. The van der Waals surface area contributed by atoms with Crippen LogP contribution in [0.1, 0.15) is 5.56 Å². The van der Waals surface area contributed by atoms with Crippen LogP contribution in [0.3, 0.4) is 0 Å². The number of hydrogen-bond donors (Lipinski definition) is 0. The molecule has 0 saturated heterocycles. The van der Waals surface area contributed by atoms with Gasteiger partial charge in [0.2, 0.25) is 0 Å². The van der Waals surface area contributed by atoms with Crippen LogP contribution >= 0.6 is 11.5 Å². The molecule has 0 saturated carbocycles. The van der Waals surface area contributed by atoms with E-state index in [0.29, 0.717) is 0 Å². The Labute approximate surface area is 86.5 Å². The zero-order chi connectivity index (χ0) is 10.2. The molecule has 0 atom stereocenters. The summed E-state index contributed by atoms with van der Waals surface area (Å²) in [5.74, 6) is -0.0475. The summed E-state index contributed by atoms with van der Waals surface area (Å²) in [5, 5.41) is 2.88. The number of benzene rings is 1. The van der Waals surface area contributed by atoms with E-state index in [1.165, 1.54) is 11.5 Å². The fourth-order valence-corrected chi connectivity index (χ4v) is 2.70. The third-order valence-corrected chi connectivity index (χ3v) is 3.25. The van der Waals surface area contributed by atoms with Crippen molar-refractivity contribution in [3.8, 4) is 0 Å². The van der Waals surface area contributed by atoms with Gasteiger partial charge in [-0.2, -0.15) is 4.37 Å². The number of sulfone groups is 1. The number of rotatable bonds is 2. The van der Waals surface area contributed by atoms with Crippen molar-refractivity contribution in [3.05, 3.63) is 35.4 Å². The maximum absolute atomic E-state index is 11.0. The van der Waals surface area contributed by atoms with Crippen LogP contribution in [0.15, 0.2) is 23.6 Å². The van der Waals surface area contributed by atoms with Gasteiger partial charge < -0.3 is 0 Å². The minimum absolute atomic E-state index is 0.0475. The van der Waals surface area contributed by atoms with Gasteiger partial charge in [-0.25, -0.2) is 8.42 Å². The van der Waals surface area contributed by atoms with E-state index in [1.54, 1.807) is 6.07 Å². The Kier molecular flexibility index (Phi) is 2.28. The van der Waals surface area contributed by atoms with Gasteiger partial charge in [0.15, 0.2) is 9.84 Å².